The highest BCUT2D eigenvalue weighted by Gasteiger charge is 2.18. The van der Waals surface area contributed by atoms with Gasteiger partial charge in [-0.1, -0.05) is 24.3 Å². The number of hydrogen-bond acceptors (Lipinski definition) is 4. The van der Waals surface area contributed by atoms with Crippen LogP contribution in [-0.2, 0) is 23.0 Å². The molecule has 0 atom stereocenters. The maximum atomic E-state index is 11.4. The third kappa shape index (κ3) is 2.72. The second kappa shape index (κ2) is 5.05. The van der Waals surface area contributed by atoms with E-state index in [0.29, 0.717) is 0 Å². The number of fused-ring (bicyclic) bond motifs is 1. The summed E-state index contributed by atoms with van der Waals surface area (Å²) in [5, 5.41) is 5.13. The summed E-state index contributed by atoms with van der Waals surface area (Å²) >= 11 is 0. The molecule has 0 fully saturated rings. The second-order valence-electron chi connectivity index (χ2n) is 5.21. The highest BCUT2D eigenvalue weighted by Crippen LogP contribution is 2.28. The minimum atomic E-state index is -3.77. The maximum absolute atomic E-state index is 11.4. The van der Waals surface area contributed by atoms with E-state index in [2.05, 4.69) is 17.0 Å². The van der Waals surface area contributed by atoms with Gasteiger partial charge in [0.15, 0.2) is 0 Å². The quantitative estimate of drug-likeness (QED) is 0.822. The Kier molecular flexibility index (Phi) is 3.35. The standard InChI is InChI=1S/C15H17N3O2S/c16-14-9-13(5-6-15(14)21(17,19)20)18-8-7-11-3-1-2-4-12(11)10-18/h1-6,9H,7-8,10,16H2,(H2,17,19,20). The van der Waals surface area contributed by atoms with Gasteiger partial charge in [-0.3, -0.25) is 0 Å². The maximum Gasteiger partial charge on any atom is 0.240 e. The Morgan fingerprint density at radius 3 is 2.43 bits per heavy atom. The van der Waals surface area contributed by atoms with Gasteiger partial charge in [0.2, 0.25) is 10.0 Å². The molecule has 1 heterocycles. The third-order valence-electron chi connectivity index (χ3n) is 3.80. The number of anilines is 2. The summed E-state index contributed by atoms with van der Waals surface area (Å²) in [5.41, 5.74) is 9.58. The summed E-state index contributed by atoms with van der Waals surface area (Å²) in [5.74, 6) is 0. The average Bonchev–Trinajstić information content (AvgIpc) is 2.45. The van der Waals surface area contributed by atoms with E-state index in [4.69, 9.17) is 10.9 Å². The van der Waals surface area contributed by atoms with Crippen LogP contribution >= 0.6 is 0 Å². The molecule has 0 aromatic heterocycles. The first kappa shape index (κ1) is 13.9. The number of nitrogen functional groups attached to an aromatic ring is 1. The van der Waals surface area contributed by atoms with E-state index in [1.807, 2.05) is 12.1 Å². The van der Waals surface area contributed by atoms with E-state index in [0.717, 1.165) is 25.2 Å². The van der Waals surface area contributed by atoms with Crippen LogP contribution in [0.2, 0.25) is 0 Å². The van der Waals surface area contributed by atoms with Crippen LogP contribution < -0.4 is 15.8 Å². The predicted molar refractivity (Wildman–Crippen MR) is 83.4 cm³/mol. The van der Waals surface area contributed by atoms with Gasteiger partial charge in [0.1, 0.15) is 4.90 Å². The van der Waals surface area contributed by atoms with Crippen molar-refractivity contribution in [1.29, 1.82) is 0 Å². The number of sulfonamides is 1. The molecule has 1 aliphatic rings. The summed E-state index contributed by atoms with van der Waals surface area (Å²) in [4.78, 5) is 2.16. The van der Waals surface area contributed by atoms with E-state index in [1.165, 1.54) is 17.2 Å². The van der Waals surface area contributed by atoms with Crippen molar-refractivity contribution in [3.63, 3.8) is 0 Å². The lowest BCUT2D eigenvalue weighted by molar-refractivity contribution is 0.598. The molecule has 21 heavy (non-hydrogen) atoms. The Hall–Kier alpha value is -2.05. The summed E-state index contributed by atoms with van der Waals surface area (Å²) in [6, 6.07) is 13.2. The summed E-state index contributed by atoms with van der Waals surface area (Å²) in [6.45, 7) is 1.68. The zero-order chi connectivity index (χ0) is 15.0. The van der Waals surface area contributed by atoms with Crippen molar-refractivity contribution in [3.05, 3.63) is 53.6 Å². The SMILES string of the molecule is Nc1cc(N2CCc3ccccc3C2)ccc1S(N)(=O)=O. The molecule has 3 rings (SSSR count). The Morgan fingerprint density at radius 2 is 1.76 bits per heavy atom. The Morgan fingerprint density at radius 1 is 1.05 bits per heavy atom. The Labute approximate surface area is 124 Å². The van der Waals surface area contributed by atoms with Crippen LogP contribution in [-0.4, -0.2) is 15.0 Å². The summed E-state index contributed by atoms with van der Waals surface area (Å²) in [7, 11) is -3.77. The minimum Gasteiger partial charge on any atom is -0.398 e. The number of nitrogens with zero attached hydrogens (tertiary/aromatic N) is 1. The molecule has 0 radical (unpaired) electrons. The first-order valence-electron chi connectivity index (χ1n) is 6.69. The molecule has 2 aromatic rings. The molecule has 1 aliphatic heterocycles. The zero-order valence-electron chi connectivity index (χ0n) is 11.5. The fourth-order valence-electron chi connectivity index (χ4n) is 2.71. The van der Waals surface area contributed by atoms with E-state index < -0.39 is 10.0 Å². The topological polar surface area (TPSA) is 89.4 Å². The minimum absolute atomic E-state index is 0.0244. The molecule has 0 amide bonds. The van der Waals surface area contributed by atoms with Gasteiger partial charge in [0.25, 0.3) is 0 Å². The highest BCUT2D eigenvalue weighted by molar-refractivity contribution is 7.89. The van der Waals surface area contributed by atoms with Crippen LogP contribution in [0.3, 0.4) is 0 Å². The van der Waals surface area contributed by atoms with Crippen LogP contribution in [0.25, 0.3) is 0 Å². The van der Waals surface area contributed by atoms with E-state index in [1.54, 1.807) is 12.1 Å². The van der Waals surface area contributed by atoms with Gasteiger partial charge in [-0.2, -0.15) is 0 Å². The third-order valence-corrected chi connectivity index (χ3v) is 4.78. The van der Waals surface area contributed by atoms with Gasteiger partial charge in [-0.25, -0.2) is 13.6 Å². The lowest BCUT2D eigenvalue weighted by Crippen LogP contribution is -2.30. The number of primary sulfonamides is 1. The molecule has 0 saturated carbocycles. The average molecular weight is 303 g/mol. The van der Waals surface area contributed by atoms with Crippen LogP contribution in [0.5, 0.6) is 0 Å². The molecule has 0 saturated heterocycles. The van der Waals surface area contributed by atoms with Gasteiger partial charge in [0.05, 0.1) is 5.69 Å². The smallest absolute Gasteiger partial charge is 0.240 e. The van der Waals surface area contributed by atoms with Gasteiger partial charge in [-0.05, 0) is 35.7 Å². The second-order valence-corrected chi connectivity index (χ2v) is 6.74. The van der Waals surface area contributed by atoms with Gasteiger partial charge in [-0.15, -0.1) is 0 Å². The molecule has 0 aliphatic carbocycles. The van der Waals surface area contributed by atoms with Crippen molar-refractivity contribution in [2.75, 3.05) is 17.2 Å². The van der Waals surface area contributed by atoms with Gasteiger partial charge < -0.3 is 10.6 Å². The predicted octanol–water partition coefficient (Wildman–Crippen LogP) is 1.48. The van der Waals surface area contributed by atoms with E-state index in [-0.39, 0.29) is 10.6 Å². The molecular weight excluding hydrogens is 286 g/mol. The Balaban J connectivity index is 1.91. The number of rotatable bonds is 2. The summed E-state index contributed by atoms with van der Waals surface area (Å²) in [6.07, 6.45) is 0.965. The van der Waals surface area contributed by atoms with Crippen LogP contribution in [0.1, 0.15) is 11.1 Å². The van der Waals surface area contributed by atoms with Crippen molar-refractivity contribution >= 4 is 21.4 Å². The first-order valence-corrected chi connectivity index (χ1v) is 8.24. The largest absolute Gasteiger partial charge is 0.398 e. The Bertz CT molecular complexity index is 787. The van der Waals surface area contributed by atoms with Gasteiger partial charge in [0, 0.05) is 18.8 Å². The first-order chi connectivity index (χ1) is 9.95. The number of nitrogens with two attached hydrogens (primary N) is 2. The van der Waals surface area contributed by atoms with Crippen molar-refractivity contribution in [2.45, 2.75) is 17.9 Å². The molecular formula is C15H17N3O2S. The van der Waals surface area contributed by atoms with Crippen molar-refractivity contribution < 1.29 is 8.42 Å². The van der Waals surface area contributed by atoms with Crippen molar-refractivity contribution in [1.82, 2.24) is 0 Å². The van der Waals surface area contributed by atoms with E-state index >= 15 is 0 Å². The van der Waals surface area contributed by atoms with Crippen LogP contribution in [0, 0.1) is 0 Å². The van der Waals surface area contributed by atoms with E-state index in [9.17, 15) is 8.42 Å². The molecule has 2 aromatic carbocycles. The molecule has 4 N–H and O–H groups in total. The lowest BCUT2D eigenvalue weighted by atomic mass is 9.99. The fraction of sp³-hybridized carbons (Fsp3) is 0.200. The molecule has 0 bridgehead atoms. The molecule has 0 spiro atoms. The number of benzene rings is 2. The normalized spacial score (nSPS) is 14.8. The van der Waals surface area contributed by atoms with Crippen molar-refractivity contribution in [3.8, 4) is 0 Å². The molecule has 6 heteroatoms. The summed E-state index contributed by atoms with van der Waals surface area (Å²) < 4.78 is 22.8. The molecule has 5 nitrogen and oxygen atoms in total. The molecule has 110 valence electrons. The van der Waals surface area contributed by atoms with Crippen LogP contribution in [0.15, 0.2) is 47.4 Å². The number of hydrogen-bond donors (Lipinski definition) is 2. The van der Waals surface area contributed by atoms with Gasteiger partial charge >= 0.3 is 0 Å². The highest BCUT2D eigenvalue weighted by atomic mass is 32.2. The monoisotopic (exact) mass is 303 g/mol. The van der Waals surface area contributed by atoms with Crippen LogP contribution in [0.4, 0.5) is 11.4 Å². The fourth-order valence-corrected chi connectivity index (χ4v) is 3.35. The van der Waals surface area contributed by atoms with Crippen molar-refractivity contribution in [2.24, 2.45) is 5.14 Å². The lowest BCUT2D eigenvalue weighted by Gasteiger charge is -2.31. The molecule has 0 unspecified atom stereocenters. The zero-order valence-corrected chi connectivity index (χ0v) is 12.3.